The number of nitrogen functional groups attached to an aromatic ring is 1. The molecule has 5 N–H and O–H groups in total. The molecule has 1 aromatic heterocycles. The van der Waals surface area contributed by atoms with Crippen molar-refractivity contribution in [3.8, 4) is 11.1 Å². The summed E-state index contributed by atoms with van der Waals surface area (Å²) in [4.78, 5) is 23.0. The third-order valence-electron chi connectivity index (χ3n) is 3.81. The average molecular weight is 434 g/mol. The van der Waals surface area contributed by atoms with Crippen molar-refractivity contribution in [1.82, 2.24) is 15.5 Å². The van der Waals surface area contributed by atoms with Gasteiger partial charge in [0.1, 0.15) is 5.60 Å². The average Bonchev–Trinajstić information content (AvgIpc) is 2.60. The van der Waals surface area contributed by atoms with E-state index < -0.39 is 23.8 Å². The molecule has 0 saturated heterocycles. The van der Waals surface area contributed by atoms with E-state index in [9.17, 15) is 9.59 Å². The lowest BCUT2D eigenvalue weighted by atomic mass is 10.0. The maximum absolute atomic E-state index is 12.2. The minimum absolute atomic E-state index is 0.110. The monoisotopic (exact) mass is 433 g/mol. The van der Waals surface area contributed by atoms with Crippen LogP contribution >= 0.6 is 11.6 Å². The molecule has 0 bridgehead atoms. The SMILES string of the molecule is C=CC[C@H](NC(=O)OC(C)(C)C)c1cc(-c2ccc(NC(=O)O)cc2N)c(Cl)nn1. The molecule has 0 radical (unpaired) electrons. The lowest BCUT2D eigenvalue weighted by Gasteiger charge is -2.23. The molecule has 2 rings (SSSR count). The second kappa shape index (κ2) is 9.45. The van der Waals surface area contributed by atoms with Gasteiger partial charge in [-0.3, -0.25) is 5.32 Å². The predicted molar refractivity (Wildman–Crippen MR) is 115 cm³/mol. The lowest BCUT2D eigenvalue weighted by molar-refractivity contribution is 0.0502. The number of aromatic nitrogens is 2. The van der Waals surface area contributed by atoms with Gasteiger partial charge in [0, 0.05) is 22.5 Å². The second-order valence-corrected chi connectivity index (χ2v) is 7.79. The summed E-state index contributed by atoms with van der Waals surface area (Å²) in [5.41, 5.74) is 7.51. The van der Waals surface area contributed by atoms with Crippen molar-refractivity contribution in [2.75, 3.05) is 11.1 Å². The standard InChI is InChI=1S/C20H24ClN5O4/c1-5-6-15(24-19(29)30-20(2,3)4)16-10-13(17(21)26-25-16)12-8-7-11(9-14(12)22)23-18(27)28/h5,7-10,15,23H,1,6,22H2,2-4H3,(H,24,29)(H,27,28)/t15-/m0/s1. The Morgan fingerprint density at radius 3 is 2.57 bits per heavy atom. The largest absolute Gasteiger partial charge is 0.465 e. The molecule has 1 atom stereocenters. The Hall–Kier alpha value is -3.33. The number of carbonyl (C=O) groups is 2. The summed E-state index contributed by atoms with van der Waals surface area (Å²) in [5.74, 6) is 0. The van der Waals surface area contributed by atoms with Crippen molar-refractivity contribution in [3.05, 3.63) is 47.8 Å². The van der Waals surface area contributed by atoms with Gasteiger partial charge in [-0.2, -0.15) is 5.10 Å². The molecule has 2 aromatic rings. The van der Waals surface area contributed by atoms with E-state index in [1.807, 2.05) is 0 Å². The van der Waals surface area contributed by atoms with Gasteiger partial charge in [-0.05, 0) is 45.4 Å². The fraction of sp³-hybridized carbons (Fsp3) is 0.300. The summed E-state index contributed by atoms with van der Waals surface area (Å²) in [7, 11) is 0. The zero-order chi connectivity index (χ0) is 22.5. The molecule has 0 fully saturated rings. The van der Waals surface area contributed by atoms with Crippen LogP contribution in [-0.4, -0.2) is 33.1 Å². The number of carboxylic acid groups (broad SMARTS) is 1. The number of hydrogen-bond donors (Lipinski definition) is 4. The Morgan fingerprint density at radius 2 is 2.00 bits per heavy atom. The number of anilines is 2. The van der Waals surface area contributed by atoms with E-state index in [0.29, 0.717) is 34.6 Å². The number of ether oxygens (including phenoxy) is 1. The van der Waals surface area contributed by atoms with Gasteiger partial charge in [0.2, 0.25) is 0 Å². The first-order valence-electron chi connectivity index (χ1n) is 9.03. The fourth-order valence-electron chi connectivity index (χ4n) is 2.63. The number of nitrogens with two attached hydrogens (primary N) is 1. The smallest absolute Gasteiger partial charge is 0.409 e. The maximum Gasteiger partial charge on any atom is 0.409 e. The van der Waals surface area contributed by atoms with E-state index >= 15 is 0 Å². The van der Waals surface area contributed by atoms with Crippen LogP contribution in [0.2, 0.25) is 5.15 Å². The van der Waals surface area contributed by atoms with Crippen LogP contribution in [0, 0.1) is 0 Å². The third kappa shape index (κ3) is 6.35. The summed E-state index contributed by atoms with van der Waals surface area (Å²) in [6.45, 7) is 9.01. The summed E-state index contributed by atoms with van der Waals surface area (Å²) >= 11 is 6.23. The van der Waals surface area contributed by atoms with Crippen molar-refractivity contribution in [3.63, 3.8) is 0 Å². The van der Waals surface area contributed by atoms with Crippen LogP contribution in [-0.2, 0) is 4.74 Å². The Kier molecular flexibility index (Phi) is 7.23. The molecule has 1 aromatic carbocycles. The molecule has 0 aliphatic rings. The number of benzene rings is 1. The molecule has 0 unspecified atom stereocenters. The van der Waals surface area contributed by atoms with Gasteiger partial charge in [0.15, 0.2) is 5.15 Å². The van der Waals surface area contributed by atoms with E-state index in [2.05, 4.69) is 27.4 Å². The van der Waals surface area contributed by atoms with Crippen LogP contribution in [0.15, 0.2) is 36.9 Å². The van der Waals surface area contributed by atoms with Crippen molar-refractivity contribution in [2.24, 2.45) is 0 Å². The fourth-order valence-corrected chi connectivity index (χ4v) is 2.82. The van der Waals surface area contributed by atoms with Crippen LogP contribution in [0.3, 0.4) is 0 Å². The van der Waals surface area contributed by atoms with E-state index in [4.69, 9.17) is 27.2 Å². The Balaban J connectivity index is 2.37. The first-order valence-corrected chi connectivity index (χ1v) is 9.41. The van der Waals surface area contributed by atoms with Crippen molar-refractivity contribution in [1.29, 1.82) is 0 Å². The number of nitrogens with one attached hydrogen (secondary N) is 2. The number of halogens is 1. The van der Waals surface area contributed by atoms with Crippen LogP contribution < -0.4 is 16.4 Å². The van der Waals surface area contributed by atoms with Gasteiger partial charge in [0.25, 0.3) is 0 Å². The lowest BCUT2D eigenvalue weighted by Crippen LogP contribution is -2.35. The van der Waals surface area contributed by atoms with Crippen molar-refractivity contribution >= 4 is 35.2 Å². The molecule has 160 valence electrons. The van der Waals surface area contributed by atoms with Gasteiger partial charge >= 0.3 is 12.2 Å². The predicted octanol–water partition coefficient (Wildman–Crippen LogP) is 4.61. The third-order valence-corrected chi connectivity index (χ3v) is 4.09. The molecular weight excluding hydrogens is 410 g/mol. The molecule has 0 spiro atoms. The highest BCUT2D eigenvalue weighted by molar-refractivity contribution is 6.32. The van der Waals surface area contributed by atoms with Crippen LogP contribution in [0.5, 0.6) is 0 Å². The second-order valence-electron chi connectivity index (χ2n) is 7.43. The van der Waals surface area contributed by atoms with E-state index in [0.717, 1.165) is 0 Å². The van der Waals surface area contributed by atoms with Crippen molar-refractivity contribution in [2.45, 2.75) is 38.8 Å². The van der Waals surface area contributed by atoms with Crippen LogP contribution in [0.1, 0.15) is 38.9 Å². The zero-order valence-corrected chi connectivity index (χ0v) is 17.7. The normalized spacial score (nSPS) is 12.0. The van der Waals surface area contributed by atoms with Crippen molar-refractivity contribution < 1.29 is 19.4 Å². The van der Waals surface area contributed by atoms with E-state index in [-0.39, 0.29) is 5.15 Å². The summed E-state index contributed by atoms with van der Waals surface area (Å²) in [6, 6.07) is 5.76. The molecule has 1 heterocycles. The summed E-state index contributed by atoms with van der Waals surface area (Å²) in [6.07, 6.45) is 0.217. The number of rotatable bonds is 6. The molecule has 9 nitrogen and oxygen atoms in total. The Morgan fingerprint density at radius 1 is 1.30 bits per heavy atom. The summed E-state index contributed by atoms with van der Waals surface area (Å²) < 4.78 is 5.31. The van der Waals surface area contributed by atoms with Gasteiger partial charge in [-0.1, -0.05) is 23.7 Å². The zero-order valence-electron chi connectivity index (χ0n) is 16.9. The molecule has 30 heavy (non-hydrogen) atoms. The van der Waals surface area contributed by atoms with Gasteiger partial charge < -0.3 is 20.9 Å². The highest BCUT2D eigenvalue weighted by Crippen LogP contribution is 2.34. The first kappa shape index (κ1) is 23.0. The molecule has 2 amide bonds. The Bertz CT molecular complexity index is 959. The number of alkyl carbamates (subject to hydrolysis) is 1. The van der Waals surface area contributed by atoms with Gasteiger partial charge in [-0.25, -0.2) is 9.59 Å². The number of nitrogens with zero attached hydrogens (tertiary/aromatic N) is 2. The number of hydrogen-bond acceptors (Lipinski definition) is 6. The minimum atomic E-state index is -1.20. The Labute approximate surface area is 179 Å². The molecule has 10 heteroatoms. The number of amides is 2. The van der Waals surface area contributed by atoms with Gasteiger partial charge in [0.05, 0.1) is 11.7 Å². The molecular formula is C20H24ClN5O4. The van der Waals surface area contributed by atoms with E-state index in [1.165, 1.54) is 6.07 Å². The summed E-state index contributed by atoms with van der Waals surface area (Å²) in [5, 5.41) is 22.0. The van der Waals surface area contributed by atoms with Gasteiger partial charge in [-0.15, -0.1) is 11.7 Å². The molecule has 0 aliphatic carbocycles. The van der Waals surface area contributed by atoms with Crippen LogP contribution in [0.4, 0.5) is 21.0 Å². The minimum Gasteiger partial charge on any atom is -0.465 e. The quantitative estimate of drug-likeness (QED) is 0.385. The highest BCUT2D eigenvalue weighted by Gasteiger charge is 2.22. The topological polar surface area (TPSA) is 139 Å². The number of carbonyl (C=O) groups excluding carboxylic acids is 1. The molecule has 0 aliphatic heterocycles. The maximum atomic E-state index is 12.2. The first-order chi connectivity index (χ1) is 14.0. The molecule has 0 saturated carbocycles. The van der Waals surface area contributed by atoms with Crippen LogP contribution in [0.25, 0.3) is 11.1 Å². The van der Waals surface area contributed by atoms with E-state index in [1.54, 1.807) is 45.0 Å². The highest BCUT2D eigenvalue weighted by atomic mass is 35.5.